The topological polar surface area (TPSA) is 75.1 Å². The maximum absolute atomic E-state index is 12.3. The Hall–Kier alpha value is -2.60. The molecule has 0 aliphatic rings. The lowest BCUT2D eigenvalue weighted by atomic mass is 10.1. The highest BCUT2D eigenvalue weighted by molar-refractivity contribution is 7.07. The number of aromatic amines is 1. The molecule has 3 aromatic rings. The van der Waals surface area contributed by atoms with Crippen LogP contribution in [0.5, 0.6) is 0 Å². The minimum absolute atomic E-state index is 0.0544. The minimum Gasteiger partial charge on any atom is -0.463 e. The van der Waals surface area contributed by atoms with E-state index in [9.17, 15) is 9.59 Å². The Kier molecular flexibility index (Phi) is 4.43. The van der Waals surface area contributed by atoms with Crippen molar-refractivity contribution >= 4 is 17.2 Å². The van der Waals surface area contributed by atoms with Crippen molar-refractivity contribution in [1.29, 1.82) is 0 Å². The number of thiophene rings is 1. The lowest BCUT2D eigenvalue weighted by Crippen LogP contribution is -2.37. The zero-order valence-corrected chi connectivity index (χ0v) is 13.4. The molecule has 2 N–H and O–H groups in total. The second-order valence-electron chi connectivity index (χ2n) is 5.30. The summed E-state index contributed by atoms with van der Waals surface area (Å²) in [4.78, 5) is 27.0. The molecule has 0 radical (unpaired) electrons. The molecule has 0 unspecified atom stereocenters. The van der Waals surface area contributed by atoms with E-state index in [2.05, 4.69) is 10.3 Å². The predicted molar refractivity (Wildman–Crippen MR) is 89.7 cm³/mol. The first kappa shape index (κ1) is 15.3. The summed E-state index contributed by atoms with van der Waals surface area (Å²) in [6.07, 6.45) is 2.26. The molecule has 0 bridgehead atoms. The first-order chi connectivity index (χ1) is 11.1. The quantitative estimate of drug-likeness (QED) is 0.756. The van der Waals surface area contributed by atoms with Crippen LogP contribution in [-0.2, 0) is 6.42 Å². The van der Waals surface area contributed by atoms with Gasteiger partial charge in [0.1, 0.15) is 11.3 Å². The van der Waals surface area contributed by atoms with Crippen molar-refractivity contribution in [3.8, 4) is 11.5 Å². The Balaban J connectivity index is 1.71. The Bertz CT molecular complexity index is 835. The number of furan rings is 1. The third-order valence-electron chi connectivity index (χ3n) is 3.44. The van der Waals surface area contributed by atoms with E-state index >= 15 is 0 Å². The number of carbonyl (C=O) groups excluding carboxylic acids is 1. The van der Waals surface area contributed by atoms with Gasteiger partial charge >= 0.3 is 0 Å². The fourth-order valence-electron chi connectivity index (χ4n) is 2.34. The molecule has 118 valence electrons. The molecule has 0 saturated heterocycles. The van der Waals surface area contributed by atoms with Gasteiger partial charge in [-0.25, -0.2) is 0 Å². The highest BCUT2D eigenvalue weighted by Crippen LogP contribution is 2.15. The first-order valence-corrected chi connectivity index (χ1v) is 8.17. The summed E-state index contributed by atoms with van der Waals surface area (Å²) in [5.41, 5.74) is 1.38. The van der Waals surface area contributed by atoms with Crippen LogP contribution in [0.4, 0.5) is 0 Å². The molecule has 0 aromatic carbocycles. The zero-order valence-electron chi connectivity index (χ0n) is 12.5. The van der Waals surface area contributed by atoms with Crippen LogP contribution in [0.25, 0.3) is 11.5 Å². The number of rotatable bonds is 5. The van der Waals surface area contributed by atoms with Crippen LogP contribution in [0.3, 0.4) is 0 Å². The lowest BCUT2D eigenvalue weighted by Gasteiger charge is -2.13. The van der Waals surface area contributed by atoms with Crippen molar-refractivity contribution in [3.05, 3.63) is 68.8 Å². The summed E-state index contributed by atoms with van der Waals surface area (Å²) in [5.74, 6) is 0.180. The monoisotopic (exact) mass is 328 g/mol. The molecule has 0 spiro atoms. The maximum Gasteiger partial charge on any atom is 0.261 e. The molecular formula is C17H16N2O3S. The molecule has 3 aromatic heterocycles. The van der Waals surface area contributed by atoms with Crippen molar-refractivity contribution in [2.24, 2.45) is 0 Å². The van der Waals surface area contributed by atoms with Gasteiger partial charge in [0.25, 0.3) is 11.5 Å². The van der Waals surface area contributed by atoms with Crippen molar-refractivity contribution in [2.75, 3.05) is 0 Å². The largest absolute Gasteiger partial charge is 0.463 e. The number of amides is 1. The van der Waals surface area contributed by atoms with Crippen molar-refractivity contribution < 1.29 is 9.21 Å². The van der Waals surface area contributed by atoms with Gasteiger partial charge in [0.15, 0.2) is 0 Å². The number of carbonyl (C=O) groups is 1. The number of hydrogen-bond acceptors (Lipinski definition) is 4. The third kappa shape index (κ3) is 3.60. The van der Waals surface area contributed by atoms with Crippen LogP contribution in [0.2, 0.25) is 0 Å². The van der Waals surface area contributed by atoms with Gasteiger partial charge in [-0.1, -0.05) is 0 Å². The minimum atomic E-state index is -0.431. The lowest BCUT2D eigenvalue weighted by molar-refractivity contribution is 0.0938. The Morgan fingerprint density at radius 2 is 2.22 bits per heavy atom. The molecule has 0 saturated carbocycles. The van der Waals surface area contributed by atoms with Crippen LogP contribution in [0, 0.1) is 0 Å². The van der Waals surface area contributed by atoms with E-state index < -0.39 is 5.56 Å². The summed E-state index contributed by atoms with van der Waals surface area (Å²) in [6, 6.07) is 8.63. The number of nitrogens with one attached hydrogen (secondary N) is 2. The van der Waals surface area contributed by atoms with E-state index in [-0.39, 0.29) is 17.5 Å². The van der Waals surface area contributed by atoms with Gasteiger partial charge in [-0.2, -0.15) is 11.3 Å². The number of pyridine rings is 1. The van der Waals surface area contributed by atoms with Crippen molar-refractivity contribution in [1.82, 2.24) is 10.3 Å². The smallest absolute Gasteiger partial charge is 0.261 e. The van der Waals surface area contributed by atoms with Crippen LogP contribution in [0.15, 0.2) is 56.6 Å². The molecule has 0 aliphatic carbocycles. The van der Waals surface area contributed by atoms with Gasteiger partial charge in [0, 0.05) is 6.04 Å². The summed E-state index contributed by atoms with van der Waals surface area (Å²) in [6.45, 7) is 1.92. The molecule has 3 rings (SSSR count). The highest BCUT2D eigenvalue weighted by Gasteiger charge is 2.15. The summed E-state index contributed by atoms with van der Waals surface area (Å²) >= 11 is 1.62. The molecule has 23 heavy (non-hydrogen) atoms. The van der Waals surface area contributed by atoms with Crippen molar-refractivity contribution in [3.63, 3.8) is 0 Å². The summed E-state index contributed by atoms with van der Waals surface area (Å²) in [7, 11) is 0. The van der Waals surface area contributed by atoms with E-state index in [1.807, 2.05) is 23.8 Å². The Morgan fingerprint density at radius 1 is 1.35 bits per heavy atom. The number of H-pyrrole nitrogens is 1. The number of hydrogen-bond donors (Lipinski definition) is 2. The van der Waals surface area contributed by atoms with Gasteiger partial charge in [-0.05, 0) is 60.0 Å². The molecule has 6 heteroatoms. The van der Waals surface area contributed by atoms with E-state index in [4.69, 9.17) is 4.42 Å². The SMILES string of the molecule is C[C@H](Cc1ccsc1)NC(=O)c1ccc(-c2ccco2)[nH]c1=O. The average molecular weight is 328 g/mol. The van der Waals surface area contributed by atoms with Gasteiger partial charge in [0.05, 0.1) is 12.0 Å². The summed E-state index contributed by atoms with van der Waals surface area (Å²) in [5, 5.41) is 6.90. The zero-order chi connectivity index (χ0) is 16.2. The standard InChI is InChI=1S/C17H16N2O3S/c1-11(9-12-6-8-23-10-12)18-16(20)13-4-5-14(19-17(13)21)15-3-2-7-22-15/h2-8,10-11H,9H2,1H3,(H,18,20)(H,19,21)/t11-/m1/s1. The second kappa shape index (κ2) is 6.66. The molecule has 1 atom stereocenters. The number of aromatic nitrogens is 1. The second-order valence-corrected chi connectivity index (χ2v) is 6.08. The van der Waals surface area contributed by atoms with Crippen molar-refractivity contribution in [2.45, 2.75) is 19.4 Å². The molecule has 5 nitrogen and oxygen atoms in total. The normalized spacial score (nSPS) is 12.0. The molecule has 0 fully saturated rings. The molecule has 0 aliphatic heterocycles. The van der Waals surface area contributed by atoms with Crippen LogP contribution in [-0.4, -0.2) is 16.9 Å². The average Bonchev–Trinajstić information content (AvgIpc) is 3.19. The molecule has 3 heterocycles. The van der Waals surface area contributed by atoms with Gasteiger partial charge < -0.3 is 14.7 Å². The van der Waals surface area contributed by atoms with Gasteiger partial charge in [-0.15, -0.1) is 0 Å². The maximum atomic E-state index is 12.3. The molecule has 1 amide bonds. The fraction of sp³-hybridized carbons (Fsp3) is 0.176. The van der Waals surface area contributed by atoms with E-state index in [0.29, 0.717) is 11.5 Å². The van der Waals surface area contributed by atoms with Crippen LogP contribution in [0.1, 0.15) is 22.8 Å². The van der Waals surface area contributed by atoms with E-state index in [1.165, 1.54) is 17.9 Å². The predicted octanol–water partition coefficient (Wildman–Crippen LogP) is 3.06. The summed E-state index contributed by atoms with van der Waals surface area (Å²) < 4.78 is 5.23. The van der Waals surface area contributed by atoms with Crippen LogP contribution >= 0.6 is 11.3 Å². The van der Waals surface area contributed by atoms with Crippen LogP contribution < -0.4 is 10.9 Å². The highest BCUT2D eigenvalue weighted by atomic mass is 32.1. The fourth-order valence-corrected chi connectivity index (χ4v) is 3.02. The first-order valence-electron chi connectivity index (χ1n) is 7.22. The molecular weight excluding hydrogens is 312 g/mol. The van der Waals surface area contributed by atoms with E-state index in [0.717, 1.165) is 6.42 Å². The van der Waals surface area contributed by atoms with Gasteiger partial charge in [0.2, 0.25) is 0 Å². The third-order valence-corrected chi connectivity index (χ3v) is 4.17. The van der Waals surface area contributed by atoms with Gasteiger partial charge in [-0.3, -0.25) is 9.59 Å². The Labute approximate surface area is 137 Å². The Morgan fingerprint density at radius 3 is 2.87 bits per heavy atom. The van der Waals surface area contributed by atoms with E-state index in [1.54, 1.807) is 29.5 Å².